The molecule has 1 N–H and O–H groups in total. The Balaban J connectivity index is 2.61. The predicted molar refractivity (Wildman–Crippen MR) is 182 cm³/mol. The SMILES string of the molecule is CCC[CH2][Sn]([CH2]CCC)([CH2]CCC)[CH2]CC[C@H]1CCC[C@H](CC[CH2][Sn]([CH2]CCC)([CH2]CCC)[CH2]CCC)N1. The van der Waals surface area contributed by atoms with Crippen molar-refractivity contribution in [3.63, 3.8) is 0 Å². The van der Waals surface area contributed by atoms with Crippen LogP contribution in [0, 0.1) is 0 Å². The van der Waals surface area contributed by atoms with Crippen LogP contribution in [0.15, 0.2) is 0 Å². The normalized spacial score (nSPS) is 18.8. The molecule has 1 rings (SSSR count). The summed E-state index contributed by atoms with van der Waals surface area (Å²) in [4.78, 5) is 0. The molecule has 38 heavy (non-hydrogen) atoms. The van der Waals surface area contributed by atoms with Crippen LogP contribution >= 0.6 is 0 Å². The van der Waals surface area contributed by atoms with Crippen LogP contribution in [0.25, 0.3) is 0 Å². The van der Waals surface area contributed by atoms with Crippen LogP contribution in [0.3, 0.4) is 0 Å². The van der Waals surface area contributed by atoms with E-state index in [1.54, 1.807) is 48.3 Å². The van der Waals surface area contributed by atoms with Crippen molar-refractivity contribution < 1.29 is 0 Å². The second-order valence-electron chi connectivity index (χ2n) is 13.9. The van der Waals surface area contributed by atoms with Crippen LogP contribution in [-0.2, 0) is 0 Å². The zero-order chi connectivity index (χ0) is 28.0. The van der Waals surface area contributed by atoms with Gasteiger partial charge in [-0.3, -0.25) is 0 Å². The summed E-state index contributed by atoms with van der Waals surface area (Å²) in [6.45, 7) is 14.5. The first-order valence-electron chi connectivity index (χ1n) is 18.3. The first-order chi connectivity index (χ1) is 18.5. The summed E-state index contributed by atoms with van der Waals surface area (Å²) >= 11 is -3.86. The van der Waals surface area contributed by atoms with E-state index in [9.17, 15) is 0 Å². The van der Waals surface area contributed by atoms with Gasteiger partial charge in [0.05, 0.1) is 0 Å². The summed E-state index contributed by atoms with van der Waals surface area (Å²) < 4.78 is 13.6. The van der Waals surface area contributed by atoms with Gasteiger partial charge in [0, 0.05) is 0 Å². The van der Waals surface area contributed by atoms with Crippen molar-refractivity contribution in [2.45, 2.75) is 211 Å². The number of hydrogen-bond donors (Lipinski definition) is 1. The summed E-state index contributed by atoms with van der Waals surface area (Å²) in [6, 6.07) is 1.68. The topological polar surface area (TPSA) is 12.0 Å². The third kappa shape index (κ3) is 16.3. The molecule has 0 bridgehead atoms. The molecule has 3 heteroatoms. The number of unbranched alkanes of at least 4 members (excludes halogenated alkanes) is 6. The Morgan fingerprint density at radius 3 is 0.947 bits per heavy atom. The third-order valence-electron chi connectivity index (χ3n) is 10.5. The van der Waals surface area contributed by atoms with Crippen LogP contribution in [0.1, 0.15) is 164 Å². The van der Waals surface area contributed by atoms with Crippen molar-refractivity contribution in [1.29, 1.82) is 0 Å². The standard InChI is InChI=1S/C11H21N.6C4H9.2Sn/c1-3-6-10-8-5-9-11(12-10)7-4-2;6*1-3-4-2;;/h10-12H,1-9H2;6*1,3-4H2,2H3;;/t10-,11-;;;;;;;;/m0......../s1. The molecule has 1 aliphatic heterocycles. The van der Waals surface area contributed by atoms with Crippen molar-refractivity contribution in [2.24, 2.45) is 0 Å². The van der Waals surface area contributed by atoms with Crippen LogP contribution in [-0.4, -0.2) is 48.8 Å². The Bertz CT molecular complexity index is 435. The summed E-state index contributed by atoms with van der Waals surface area (Å²) in [5.41, 5.74) is 0. The van der Waals surface area contributed by atoms with E-state index in [-0.39, 0.29) is 0 Å². The van der Waals surface area contributed by atoms with Crippen LogP contribution < -0.4 is 5.32 Å². The van der Waals surface area contributed by atoms with E-state index in [4.69, 9.17) is 0 Å². The zero-order valence-corrected chi connectivity index (χ0v) is 33.5. The molecule has 0 aromatic heterocycles. The summed E-state index contributed by atoms with van der Waals surface area (Å²) in [5.74, 6) is 0. The Morgan fingerprint density at radius 2 is 0.684 bits per heavy atom. The number of piperidine rings is 1. The van der Waals surface area contributed by atoms with Gasteiger partial charge in [-0.15, -0.1) is 0 Å². The van der Waals surface area contributed by atoms with E-state index in [0.29, 0.717) is 0 Å². The second-order valence-corrected chi connectivity index (χ2v) is 42.4. The number of hydrogen-bond acceptors (Lipinski definition) is 1. The van der Waals surface area contributed by atoms with Crippen LogP contribution in [0.4, 0.5) is 0 Å². The van der Waals surface area contributed by atoms with Gasteiger partial charge in [-0.05, 0) is 0 Å². The monoisotopic (exact) mass is 749 g/mol. The van der Waals surface area contributed by atoms with E-state index in [0.717, 1.165) is 12.1 Å². The molecule has 0 unspecified atom stereocenters. The molecule has 0 amide bonds. The first-order valence-corrected chi connectivity index (χ1v) is 34.4. The summed E-state index contributed by atoms with van der Waals surface area (Å²) in [7, 11) is 0. The molecule has 1 aliphatic rings. The van der Waals surface area contributed by atoms with Crippen molar-refractivity contribution in [3.05, 3.63) is 0 Å². The van der Waals surface area contributed by atoms with Gasteiger partial charge in [0.25, 0.3) is 0 Å². The third-order valence-corrected chi connectivity index (χ3v) is 42.8. The van der Waals surface area contributed by atoms with Crippen molar-refractivity contribution >= 4 is 36.8 Å². The quantitative estimate of drug-likeness (QED) is 0.0869. The van der Waals surface area contributed by atoms with E-state index < -0.39 is 36.8 Å². The Hall–Kier alpha value is 1.56. The first kappa shape index (κ1) is 37.6. The van der Waals surface area contributed by atoms with Gasteiger partial charge in [-0.1, -0.05) is 0 Å². The van der Waals surface area contributed by atoms with Gasteiger partial charge in [-0.2, -0.15) is 0 Å². The molecule has 0 spiro atoms. The fourth-order valence-electron chi connectivity index (χ4n) is 7.82. The molecule has 1 heterocycles. The second kappa shape index (κ2) is 24.0. The maximum atomic E-state index is 4.23. The van der Waals surface area contributed by atoms with E-state index in [1.807, 2.05) is 0 Å². The van der Waals surface area contributed by atoms with Crippen molar-refractivity contribution in [3.8, 4) is 0 Å². The molecular weight excluding hydrogens is 672 g/mol. The molecule has 1 fully saturated rings. The van der Waals surface area contributed by atoms with Gasteiger partial charge < -0.3 is 0 Å². The molecule has 2 atom stereocenters. The predicted octanol–water partition coefficient (Wildman–Crippen LogP) is 12.8. The molecule has 0 saturated carbocycles. The van der Waals surface area contributed by atoms with Crippen molar-refractivity contribution in [1.82, 2.24) is 5.32 Å². The molecule has 1 saturated heterocycles. The fraction of sp³-hybridized carbons (Fsp3) is 1.00. The van der Waals surface area contributed by atoms with Crippen LogP contribution in [0.5, 0.6) is 0 Å². The van der Waals surface area contributed by atoms with Gasteiger partial charge in [0.15, 0.2) is 0 Å². The van der Waals surface area contributed by atoms with E-state index >= 15 is 0 Å². The molecule has 0 aromatic carbocycles. The molecule has 0 aliphatic carbocycles. The molecule has 0 aromatic rings. The summed E-state index contributed by atoms with van der Waals surface area (Å²) in [6.07, 6.45) is 28.3. The van der Waals surface area contributed by atoms with E-state index in [1.165, 1.54) is 109 Å². The molecule has 0 radical (unpaired) electrons. The van der Waals surface area contributed by atoms with Gasteiger partial charge >= 0.3 is 253 Å². The van der Waals surface area contributed by atoms with Gasteiger partial charge in [0.2, 0.25) is 0 Å². The fourth-order valence-corrected chi connectivity index (χ4v) is 40.7. The van der Waals surface area contributed by atoms with E-state index in [2.05, 4.69) is 46.9 Å². The number of rotatable bonds is 26. The maximum absolute atomic E-state index is 4.23. The summed E-state index contributed by atoms with van der Waals surface area (Å²) in [5, 5.41) is 4.23. The minimum absolute atomic E-state index is 0.842. The van der Waals surface area contributed by atoms with Crippen molar-refractivity contribution in [2.75, 3.05) is 0 Å². The average molecular weight is 747 g/mol. The number of nitrogens with one attached hydrogen (secondary N) is 1. The Morgan fingerprint density at radius 1 is 0.421 bits per heavy atom. The zero-order valence-electron chi connectivity index (χ0n) is 27.7. The van der Waals surface area contributed by atoms with Gasteiger partial charge in [0.1, 0.15) is 0 Å². The Labute approximate surface area is 251 Å². The van der Waals surface area contributed by atoms with Crippen LogP contribution in [0.2, 0.25) is 35.5 Å². The average Bonchev–Trinajstić information content (AvgIpc) is 2.94. The Kier molecular flexibility index (Phi) is 23.8. The molecule has 1 nitrogen and oxygen atoms in total. The molecular formula is C35H75NSn2. The molecule has 228 valence electrons. The minimum atomic E-state index is -1.93. The van der Waals surface area contributed by atoms with Gasteiger partial charge in [-0.25, -0.2) is 0 Å².